The Hall–Kier alpha value is -2.60. The van der Waals surface area contributed by atoms with Crippen LogP contribution in [0, 0.1) is 5.41 Å². The molecule has 1 amide bonds. The van der Waals surface area contributed by atoms with Gasteiger partial charge in [0.25, 0.3) is 11.8 Å². The number of nitrogens with zero attached hydrogens (tertiary/aromatic N) is 5. The molecule has 3 saturated heterocycles. The lowest BCUT2D eigenvalue weighted by atomic mass is 9.71. The number of amides is 1. The average molecular weight is 553 g/mol. The Morgan fingerprint density at radius 3 is 2.76 bits per heavy atom. The number of likely N-dealkylation sites (tertiary alicyclic amines) is 2. The topological polar surface area (TPSA) is 100 Å². The summed E-state index contributed by atoms with van der Waals surface area (Å²) in [5.74, 6) is -4.88. The summed E-state index contributed by atoms with van der Waals surface area (Å²) >= 11 is 11.8. The molecule has 1 N–H and O–H groups in total. The number of halogens is 4. The highest BCUT2D eigenvalue weighted by molar-refractivity contribution is 6.42. The van der Waals surface area contributed by atoms with E-state index in [2.05, 4.69) is 25.3 Å². The van der Waals surface area contributed by atoms with Gasteiger partial charge in [-0.25, -0.2) is 0 Å². The zero-order chi connectivity index (χ0) is 25.8. The molecule has 0 saturated carbocycles. The molecule has 6 rings (SSSR count). The van der Waals surface area contributed by atoms with E-state index in [-0.39, 0.29) is 39.9 Å². The van der Waals surface area contributed by atoms with Gasteiger partial charge in [0.2, 0.25) is 5.89 Å². The fourth-order valence-electron chi connectivity index (χ4n) is 5.70. The van der Waals surface area contributed by atoms with Crippen molar-refractivity contribution < 1.29 is 22.7 Å². The first-order chi connectivity index (χ1) is 17.7. The van der Waals surface area contributed by atoms with Crippen LogP contribution >= 0.6 is 23.2 Å². The summed E-state index contributed by atoms with van der Waals surface area (Å²) in [5.41, 5.74) is -0.356. The van der Waals surface area contributed by atoms with E-state index in [0.717, 1.165) is 32.1 Å². The van der Waals surface area contributed by atoms with Gasteiger partial charge in [-0.2, -0.15) is 13.9 Å². The molecule has 2 atom stereocenters. The summed E-state index contributed by atoms with van der Waals surface area (Å²) in [5, 5.41) is 14.4. The predicted molar refractivity (Wildman–Crippen MR) is 129 cm³/mol. The van der Waals surface area contributed by atoms with E-state index in [1.807, 2.05) is 0 Å². The summed E-state index contributed by atoms with van der Waals surface area (Å²) in [6, 6.07) is 3.56. The van der Waals surface area contributed by atoms with Crippen molar-refractivity contribution in [1.82, 2.24) is 30.2 Å². The molecule has 5 heterocycles. The maximum atomic E-state index is 15.3. The van der Waals surface area contributed by atoms with Crippen LogP contribution < -0.4 is 0 Å². The second kappa shape index (κ2) is 9.30. The third kappa shape index (κ3) is 4.41. The normalized spacial score (nSPS) is 23.6. The highest BCUT2D eigenvalue weighted by atomic mass is 35.5. The second-order valence-electron chi connectivity index (χ2n) is 10.0. The number of carbonyl (C=O) groups excluding carboxylic acids is 1. The third-order valence-electron chi connectivity index (χ3n) is 7.53. The van der Waals surface area contributed by atoms with Gasteiger partial charge in [0.1, 0.15) is 0 Å². The molecule has 37 heavy (non-hydrogen) atoms. The van der Waals surface area contributed by atoms with E-state index in [4.69, 9.17) is 32.4 Å². The van der Waals surface area contributed by atoms with Crippen LogP contribution in [-0.4, -0.2) is 81.5 Å². The number of hydrogen-bond acceptors (Lipinski definition) is 7. The third-order valence-corrected chi connectivity index (χ3v) is 8.27. The van der Waals surface area contributed by atoms with Crippen LogP contribution in [0.4, 0.5) is 8.78 Å². The first-order valence-corrected chi connectivity index (χ1v) is 12.8. The Kier molecular flexibility index (Phi) is 6.21. The van der Waals surface area contributed by atoms with E-state index in [1.165, 1.54) is 24.5 Å². The van der Waals surface area contributed by atoms with Crippen molar-refractivity contribution >= 4 is 29.1 Å². The molecule has 3 aliphatic heterocycles. The SMILES string of the molecule is O=C(c1cn[nH]c1)N1CC(c2nnc(C(F)(F)c3ccc(Cl)c(Cl)c3)o2)C2(CN(CC3CCCO3)C2)C1. The standard InChI is InChI=1S/C24H24Cl2F2N6O3/c25-18-4-3-15(6-19(18)26)24(27,28)22-32-31-20(37-22)17-10-34(21(35)14-7-29-30-8-14)13-23(17)11-33(12-23)9-16-2-1-5-36-16/h3-4,6-8,16-17H,1-2,5,9-13H2,(H,29,30). The number of aromatic amines is 1. The first kappa shape index (κ1) is 24.7. The zero-order valence-corrected chi connectivity index (χ0v) is 21.2. The minimum atomic E-state index is -3.57. The molecule has 196 valence electrons. The van der Waals surface area contributed by atoms with Crippen molar-refractivity contribution in [3.05, 3.63) is 63.5 Å². The van der Waals surface area contributed by atoms with Crippen LogP contribution in [0.15, 0.2) is 35.0 Å². The maximum Gasteiger partial charge on any atom is 0.349 e. The average Bonchev–Trinajstić information content (AvgIpc) is 3.66. The van der Waals surface area contributed by atoms with E-state index in [0.29, 0.717) is 25.2 Å². The molecule has 9 nitrogen and oxygen atoms in total. The highest BCUT2D eigenvalue weighted by Gasteiger charge is 2.58. The van der Waals surface area contributed by atoms with Crippen LogP contribution in [0.25, 0.3) is 0 Å². The Balaban J connectivity index is 1.26. The molecule has 1 spiro atoms. The summed E-state index contributed by atoms with van der Waals surface area (Å²) < 4.78 is 41.9. The quantitative estimate of drug-likeness (QED) is 0.494. The minimum absolute atomic E-state index is 0.00234. The van der Waals surface area contributed by atoms with Crippen LogP contribution in [0.2, 0.25) is 10.0 Å². The number of rotatable bonds is 6. The smallest absolute Gasteiger partial charge is 0.349 e. The second-order valence-corrected chi connectivity index (χ2v) is 10.9. The van der Waals surface area contributed by atoms with Crippen LogP contribution in [0.3, 0.4) is 0 Å². The van der Waals surface area contributed by atoms with Gasteiger partial charge in [-0.05, 0) is 25.0 Å². The van der Waals surface area contributed by atoms with Crippen molar-refractivity contribution in [3.63, 3.8) is 0 Å². The number of nitrogens with one attached hydrogen (secondary N) is 1. The lowest BCUT2D eigenvalue weighted by molar-refractivity contribution is -0.0391. The highest BCUT2D eigenvalue weighted by Crippen LogP contribution is 2.50. The van der Waals surface area contributed by atoms with Gasteiger partial charge in [-0.1, -0.05) is 29.3 Å². The van der Waals surface area contributed by atoms with Gasteiger partial charge < -0.3 is 14.1 Å². The fourth-order valence-corrected chi connectivity index (χ4v) is 6.00. The molecule has 0 radical (unpaired) electrons. The maximum absolute atomic E-state index is 15.3. The van der Waals surface area contributed by atoms with Gasteiger partial charge >= 0.3 is 5.92 Å². The number of benzene rings is 1. The molecule has 3 aromatic rings. The molecule has 1 aromatic carbocycles. The van der Waals surface area contributed by atoms with Crippen molar-refractivity contribution in [1.29, 1.82) is 0 Å². The Bertz CT molecular complexity index is 1290. The number of aromatic nitrogens is 4. The summed E-state index contributed by atoms with van der Waals surface area (Å²) in [4.78, 5) is 17.1. The van der Waals surface area contributed by atoms with Gasteiger partial charge in [0, 0.05) is 56.5 Å². The molecule has 3 aliphatic rings. The monoisotopic (exact) mass is 552 g/mol. The first-order valence-electron chi connectivity index (χ1n) is 12.0. The molecular formula is C24H24Cl2F2N6O3. The van der Waals surface area contributed by atoms with E-state index >= 15 is 8.78 Å². The van der Waals surface area contributed by atoms with Crippen molar-refractivity contribution in [2.24, 2.45) is 5.41 Å². The van der Waals surface area contributed by atoms with E-state index < -0.39 is 23.3 Å². The Labute approximate surface area is 221 Å². The predicted octanol–water partition coefficient (Wildman–Crippen LogP) is 3.96. The van der Waals surface area contributed by atoms with E-state index in [9.17, 15) is 4.79 Å². The number of carbonyl (C=O) groups is 1. The van der Waals surface area contributed by atoms with Gasteiger partial charge in [0.15, 0.2) is 0 Å². The summed E-state index contributed by atoms with van der Waals surface area (Å²) in [6.07, 6.45) is 5.28. The number of H-pyrrole nitrogens is 1. The number of alkyl halides is 2. The number of ether oxygens (including phenoxy) is 1. The van der Waals surface area contributed by atoms with Crippen LogP contribution in [-0.2, 0) is 10.7 Å². The molecule has 2 aromatic heterocycles. The van der Waals surface area contributed by atoms with Crippen LogP contribution in [0.1, 0.15) is 46.5 Å². The lowest BCUT2D eigenvalue weighted by Gasteiger charge is -2.50. The van der Waals surface area contributed by atoms with Crippen molar-refractivity contribution in [2.75, 3.05) is 39.3 Å². The van der Waals surface area contributed by atoms with E-state index in [1.54, 1.807) is 4.90 Å². The molecule has 0 aliphatic carbocycles. The van der Waals surface area contributed by atoms with Crippen molar-refractivity contribution in [2.45, 2.75) is 30.8 Å². The molecule has 2 unspecified atom stereocenters. The molecule has 0 bridgehead atoms. The lowest BCUT2D eigenvalue weighted by Crippen LogP contribution is -2.61. The fraction of sp³-hybridized carbons (Fsp3) is 0.500. The Morgan fingerprint density at radius 1 is 1.22 bits per heavy atom. The minimum Gasteiger partial charge on any atom is -0.419 e. The number of hydrogen-bond donors (Lipinski definition) is 1. The Morgan fingerprint density at radius 2 is 2.05 bits per heavy atom. The molecular weight excluding hydrogens is 529 g/mol. The van der Waals surface area contributed by atoms with Gasteiger partial charge in [-0.15, -0.1) is 10.2 Å². The molecule has 3 fully saturated rings. The summed E-state index contributed by atoms with van der Waals surface area (Å²) in [6.45, 7) is 3.65. The largest absolute Gasteiger partial charge is 0.419 e. The van der Waals surface area contributed by atoms with Gasteiger partial charge in [0.05, 0.1) is 33.8 Å². The molecule has 13 heteroatoms. The van der Waals surface area contributed by atoms with Crippen LogP contribution in [0.5, 0.6) is 0 Å². The zero-order valence-electron chi connectivity index (χ0n) is 19.7. The van der Waals surface area contributed by atoms with Crippen molar-refractivity contribution in [3.8, 4) is 0 Å². The summed E-state index contributed by atoms with van der Waals surface area (Å²) in [7, 11) is 0. The van der Waals surface area contributed by atoms with Gasteiger partial charge in [-0.3, -0.25) is 14.8 Å².